The van der Waals surface area contributed by atoms with E-state index in [0.717, 1.165) is 33.8 Å². The molecule has 0 saturated carbocycles. The maximum absolute atomic E-state index is 11.8. The Balaban J connectivity index is 2.12. The molecule has 0 unspecified atom stereocenters. The van der Waals surface area contributed by atoms with E-state index in [1.807, 2.05) is 72.8 Å². The molecule has 0 aliphatic heterocycles. The van der Waals surface area contributed by atoms with Crippen molar-refractivity contribution in [3.05, 3.63) is 95.1 Å². The summed E-state index contributed by atoms with van der Waals surface area (Å²) in [5.41, 5.74) is 2.54. The topological polar surface area (TPSA) is 38.7 Å². The molecule has 3 nitrogen and oxygen atoms in total. The maximum Gasteiger partial charge on any atom is 0.126 e. The van der Waals surface area contributed by atoms with Crippen molar-refractivity contribution in [1.82, 2.24) is 0 Å². The predicted molar refractivity (Wildman–Crippen MR) is 113 cm³/mol. The SMILES string of the molecule is COc1cc(CC(O)(c2ccccc2)c2ccccc2)cc(OC)c1C(C)C. The lowest BCUT2D eigenvalue weighted by Crippen LogP contribution is -2.30. The van der Waals surface area contributed by atoms with Gasteiger partial charge in [-0.15, -0.1) is 0 Å². The molecule has 3 rings (SSSR count). The lowest BCUT2D eigenvalue weighted by atomic mass is 9.81. The summed E-state index contributed by atoms with van der Waals surface area (Å²) >= 11 is 0. The minimum Gasteiger partial charge on any atom is -0.496 e. The van der Waals surface area contributed by atoms with Crippen LogP contribution in [0.3, 0.4) is 0 Å². The molecule has 3 aromatic rings. The molecule has 3 heteroatoms. The molecular formula is C25H28O3. The molecule has 146 valence electrons. The minimum absolute atomic E-state index is 0.265. The third-order valence-electron chi connectivity index (χ3n) is 5.14. The van der Waals surface area contributed by atoms with Gasteiger partial charge in [0.15, 0.2) is 0 Å². The van der Waals surface area contributed by atoms with Gasteiger partial charge in [0.2, 0.25) is 0 Å². The van der Waals surface area contributed by atoms with E-state index in [-0.39, 0.29) is 5.92 Å². The standard InChI is InChI=1S/C25H28O3/c1-18(2)24-22(27-3)15-19(16-23(24)28-4)17-25(26,20-11-7-5-8-12-20)21-13-9-6-10-14-21/h5-16,18,26H,17H2,1-4H3. The highest BCUT2D eigenvalue weighted by molar-refractivity contribution is 5.51. The summed E-state index contributed by atoms with van der Waals surface area (Å²) in [5.74, 6) is 1.83. The van der Waals surface area contributed by atoms with E-state index in [9.17, 15) is 5.11 Å². The van der Waals surface area contributed by atoms with Crippen LogP contribution in [0.25, 0.3) is 0 Å². The van der Waals surface area contributed by atoms with Crippen LogP contribution in [0.1, 0.15) is 42.0 Å². The van der Waals surface area contributed by atoms with Crippen molar-refractivity contribution < 1.29 is 14.6 Å². The van der Waals surface area contributed by atoms with Crippen molar-refractivity contribution in [1.29, 1.82) is 0 Å². The normalized spacial score (nSPS) is 11.5. The Bertz CT molecular complexity index is 837. The van der Waals surface area contributed by atoms with Gasteiger partial charge in [0, 0.05) is 12.0 Å². The predicted octanol–water partition coefficient (Wildman–Crippen LogP) is 5.31. The van der Waals surface area contributed by atoms with Crippen LogP contribution in [-0.2, 0) is 12.0 Å². The fourth-order valence-corrected chi connectivity index (χ4v) is 3.76. The Morgan fingerprint density at radius 3 is 1.57 bits per heavy atom. The number of hydrogen-bond acceptors (Lipinski definition) is 3. The van der Waals surface area contributed by atoms with Gasteiger partial charge in [-0.3, -0.25) is 0 Å². The number of rotatable bonds is 7. The highest BCUT2D eigenvalue weighted by atomic mass is 16.5. The number of ether oxygens (including phenoxy) is 2. The van der Waals surface area contributed by atoms with Crippen LogP contribution in [0.15, 0.2) is 72.8 Å². The van der Waals surface area contributed by atoms with Crippen LogP contribution >= 0.6 is 0 Å². The molecule has 0 aliphatic carbocycles. The Kier molecular flexibility index (Phi) is 6.05. The zero-order chi connectivity index (χ0) is 20.1. The molecule has 0 heterocycles. The Morgan fingerprint density at radius 1 is 0.786 bits per heavy atom. The zero-order valence-electron chi connectivity index (χ0n) is 17.0. The molecule has 0 saturated heterocycles. The number of methoxy groups -OCH3 is 2. The van der Waals surface area contributed by atoms with Gasteiger partial charge >= 0.3 is 0 Å². The molecule has 28 heavy (non-hydrogen) atoms. The largest absolute Gasteiger partial charge is 0.496 e. The monoisotopic (exact) mass is 376 g/mol. The first-order valence-corrected chi connectivity index (χ1v) is 9.57. The van der Waals surface area contributed by atoms with Crippen LogP contribution in [-0.4, -0.2) is 19.3 Å². The highest BCUT2D eigenvalue weighted by Gasteiger charge is 2.32. The zero-order valence-corrected chi connectivity index (χ0v) is 17.0. The average Bonchev–Trinajstić information content (AvgIpc) is 2.73. The van der Waals surface area contributed by atoms with E-state index in [1.54, 1.807) is 14.2 Å². The van der Waals surface area contributed by atoms with E-state index in [1.165, 1.54) is 0 Å². The summed E-state index contributed by atoms with van der Waals surface area (Å²) in [5, 5.41) is 11.8. The van der Waals surface area contributed by atoms with E-state index < -0.39 is 5.60 Å². The maximum atomic E-state index is 11.8. The summed E-state index contributed by atoms with van der Waals surface area (Å²) in [7, 11) is 3.34. The fraction of sp³-hybridized carbons (Fsp3) is 0.280. The first-order chi connectivity index (χ1) is 13.5. The van der Waals surface area contributed by atoms with Crippen LogP contribution in [0, 0.1) is 0 Å². The van der Waals surface area contributed by atoms with E-state index in [2.05, 4.69) is 13.8 Å². The first-order valence-electron chi connectivity index (χ1n) is 9.57. The third kappa shape index (κ3) is 3.90. The summed E-state index contributed by atoms with van der Waals surface area (Å²) in [6, 6.07) is 23.6. The second kappa shape index (κ2) is 8.49. The van der Waals surface area contributed by atoms with Gasteiger partial charge in [-0.25, -0.2) is 0 Å². The lowest BCUT2D eigenvalue weighted by Gasteiger charge is -2.30. The van der Waals surface area contributed by atoms with Gasteiger partial charge in [-0.1, -0.05) is 74.5 Å². The van der Waals surface area contributed by atoms with E-state index in [4.69, 9.17) is 9.47 Å². The molecule has 0 aromatic heterocycles. The number of aliphatic hydroxyl groups is 1. The van der Waals surface area contributed by atoms with Crippen molar-refractivity contribution in [2.45, 2.75) is 31.8 Å². The number of benzene rings is 3. The molecule has 3 aromatic carbocycles. The average molecular weight is 376 g/mol. The van der Waals surface area contributed by atoms with Gasteiger partial charge in [0.1, 0.15) is 17.1 Å². The van der Waals surface area contributed by atoms with Crippen LogP contribution < -0.4 is 9.47 Å². The first kappa shape index (κ1) is 20.0. The van der Waals surface area contributed by atoms with Crippen molar-refractivity contribution >= 4 is 0 Å². The molecule has 0 atom stereocenters. The minimum atomic E-state index is -1.15. The van der Waals surface area contributed by atoms with Gasteiger partial charge < -0.3 is 14.6 Å². The van der Waals surface area contributed by atoms with Crippen LogP contribution in [0.2, 0.25) is 0 Å². The second-order valence-electron chi connectivity index (χ2n) is 7.34. The fourth-order valence-electron chi connectivity index (χ4n) is 3.76. The lowest BCUT2D eigenvalue weighted by molar-refractivity contribution is 0.0810. The van der Waals surface area contributed by atoms with Crippen molar-refractivity contribution in [3.8, 4) is 11.5 Å². The molecule has 0 bridgehead atoms. The molecule has 0 aliphatic rings. The summed E-state index contributed by atoms with van der Waals surface area (Å²) in [6.45, 7) is 4.23. The van der Waals surface area contributed by atoms with Crippen molar-refractivity contribution in [3.63, 3.8) is 0 Å². The van der Waals surface area contributed by atoms with Gasteiger partial charge in [0.25, 0.3) is 0 Å². The van der Waals surface area contributed by atoms with Gasteiger partial charge in [0.05, 0.1) is 14.2 Å². The van der Waals surface area contributed by atoms with Crippen LogP contribution in [0.4, 0.5) is 0 Å². The van der Waals surface area contributed by atoms with Crippen molar-refractivity contribution in [2.24, 2.45) is 0 Å². The Labute approximate surface area is 167 Å². The smallest absolute Gasteiger partial charge is 0.126 e. The Hall–Kier alpha value is -2.78. The molecular weight excluding hydrogens is 348 g/mol. The molecule has 0 spiro atoms. The molecule has 0 amide bonds. The second-order valence-corrected chi connectivity index (χ2v) is 7.34. The third-order valence-corrected chi connectivity index (χ3v) is 5.14. The van der Waals surface area contributed by atoms with Crippen LogP contribution in [0.5, 0.6) is 11.5 Å². The molecule has 0 radical (unpaired) electrons. The van der Waals surface area contributed by atoms with Crippen molar-refractivity contribution in [2.75, 3.05) is 14.2 Å². The Morgan fingerprint density at radius 2 is 1.21 bits per heavy atom. The highest BCUT2D eigenvalue weighted by Crippen LogP contribution is 2.39. The van der Waals surface area contributed by atoms with Gasteiger partial charge in [-0.05, 0) is 34.7 Å². The number of hydrogen-bond donors (Lipinski definition) is 1. The molecule has 0 fully saturated rings. The van der Waals surface area contributed by atoms with E-state index >= 15 is 0 Å². The van der Waals surface area contributed by atoms with E-state index in [0.29, 0.717) is 6.42 Å². The summed E-state index contributed by atoms with van der Waals surface area (Å²) in [6.07, 6.45) is 0.409. The summed E-state index contributed by atoms with van der Waals surface area (Å²) in [4.78, 5) is 0. The molecule has 1 N–H and O–H groups in total. The summed E-state index contributed by atoms with van der Waals surface area (Å²) < 4.78 is 11.3. The quantitative estimate of drug-likeness (QED) is 0.608. The van der Waals surface area contributed by atoms with Gasteiger partial charge in [-0.2, -0.15) is 0 Å².